The number of imidazole rings is 1. The number of aromatic nitrogens is 4. The van der Waals surface area contributed by atoms with Crippen molar-refractivity contribution in [1.82, 2.24) is 24.1 Å². The average molecular weight is 347 g/mol. The summed E-state index contributed by atoms with van der Waals surface area (Å²) in [6, 6.07) is 10.5. The molecule has 3 aromatic heterocycles. The number of carbonyl (C=O) groups excluding carboxylic acids is 1. The van der Waals surface area contributed by atoms with Crippen LogP contribution in [-0.2, 0) is 13.1 Å². The summed E-state index contributed by atoms with van der Waals surface area (Å²) in [6.07, 6.45) is 6.84. The van der Waals surface area contributed by atoms with E-state index < -0.39 is 0 Å². The smallest absolute Gasteiger partial charge is 0.271 e. The lowest BCUT2D eigenvalue weighted by molar-refractivity contribution is 0.0760. The van der Waals surface area contributed by atoms with Crippen molar-refractivity contribution < 1.29 is 9.18 Å². The molecule has 0 fully saturated rings. The Balaban J connectivity index is 1.44. The molecule has 4 aromatic rings. The van der Waals surface area contributed by atoms with E-state index in [9.17, 15) is 9.18 Å². The Hall–Kier alpha value is -3.48. The fourth-order valence-corrected chi connectivity index (χ4v) is 3.39. The van der Waals surface area contributed by atoms with Crippen LogP contribution < -0.4 is 0 Å². The molecule has 26 heavy (non-hydrogen) atoms. The third-order valence-corrected chi connectivity index (χ3v) is 4.67. The Morgan fingerprint density at radius 3 is 2.85 bits per heavy atom. The van der Waals surface area contributed by atoms with Crippen LogP contribution in [0, 0.1) is 5.82 Å². The fourth-order valence-electron chi connectivity index (χ4n) is 3.39. The Morgan fingerprint density at radius 1 is 1.12 bits per heavy atom. The fraction of sp³-hybridized carbons (Fsp3) is 0.105. The Morgan fingerprint density at radius 2 is 2.04 bits per heavy atom. The monoisotopic (exact) mass is 347 g/mol. The predicted octanol–water partition coefficient (Wildman–Crippen LogP) is 2.82. The summed E-state index contributed by atoms with van der Waals surface area (Å²) in [4.78, 5) is 18.7. The number of hydrogen-bond acceptors (Lipinski definition) is 3. The van der Waals surface area contributed by atoms with Crippen molar-refractivity contribution in [3.8, 4) is 5.69 Å². The van der Waals surface area contributed by atoms with Crippen LogP contribution in [0.1, 0.15) is 21.6 Å². The van der Waals surface area contributed by atoms with E-state index >= 15 is 0 Å². The minimum Gasteiger partial charge on any atom is -0.329 e. The lowest BCUT2D eigenvalue weighted by atomic mass is 10.2. The van der Waals surface area contributed by atoms with Crippen LogP contribution in [0.3, 0.4) is 0 Å². The van der Waals surface area contributed by atoms with Crippen molar-refractivity contribution in [2.75, 3.05) is 0 Å². The van der Waals surface area contributed by atoms with Gasteiger partial charge in [0.1, 0.15) is 17.2 Å². The lowest BCUT2D eigenvalue weighted by Gasteiger charge is -2.16. The highest BCUT2D eigenvalue weighted by molar-refractivity contribution is 5.97. The molecule has 0 aliphatic carbocycles. The van der Waals surface area contributed by atoms with Gasteiger partial charge in [-0.2, -0.15) is 5.10 Å². The summed E-state index contributed by atoms with van der Waals surface area (Å²) < 4.78 is 17.9. The lowest BCUT2D eigenvalue weighted by Crippen LogP contribution is -2.24. The van der Waals surface area contributed by atoms with Gasteiger partial charge in [0.15, 0.2) is 0 Å². The van der Waals surface area contributed by atoms with Crippen LogP contribution in [0.2, 0.25) is 0 Å². The van der Waals surface area contributed by atoms with Gasteiger partial charge in [0, 0.05) is 49.0 Å². The van der Waals surface area contributed by atoms with E-state index in [1.807, 2.05) is 12.1 Å². The van der Waals surface area contributed by atoms with Crippen LogP contribution in [-0.4, -0.2) is 30.0 Å². The van der Waals surface area contributed by atoms with Crippen molar-refractivity contribution in [3.63, 3.8) is 0 Å². The highest BCUT2D eigenvalue weighted by atomic mass is 19.1. The summed E-state index contributed by atoms with van der Waals surface area (Å²) in [5.41, 5.74) is 3.38. The van der Waals surface area contributed by atoms with Crippen LogP contribution in [0.15, 0.2) is 61.2 Å². The number of rotatable bonds is 3. The molecule has 1 amide bonds. The zero-order valence-corrected chi connectivity index (χ0v) is 13.7. The maximum atomic E-state index is 14.6. The number of amides is 1. The molecule has 4 heterocycles. The Kier molecular flexibility index (Phi) is 3.15. The van der Waals surface area contributed by atoms with E-state index in [1.54, 1.807) is 57.0 Å². The molecule has 1 aliphatic heterocycles. The first-order valence-corrected chi connectivity index (χ1v) is 8.23. The summed E-state index contributed by atoms with van der Waals surface area (Å²) in [7, 11) is 0. The molecule has 1 aliphatic rings. The third-order valence-electron chi connectivity index (χ3n) is 4.67. The number of benzene rings is 1. The summed E-state index contributed by atoms with van der Waals surface area (Å²) in [6.45, 7) is 0.678. The van der Waals surface area contributed by atoms with Gasteiger partial charge in [0.05, 0.1) is 5.69 Å². The van der Waals surface area contributed by atoms with Crippen LogP contribution in [0.4, 0.5) is 4.39 Å². The average Bonchev–Trinajstić information content (AvgIpc) is 3.37. The first-order valence-electron chi connectivity index (χ1n) is 8.23. The van der Waals surface area contributed by atoms with Gasteiger partial charge in [-0.3, -0.25) is 9.20 Å². The number of halogens is 1. The molecule has 7 heteroatoms. The van der Waals surface area contributed by atoms with Gasteiger partial charge in [-0.15, -0.1) is 0 Å². The standard InChI is InChI=1S/C19H14FN5O/c20-16-10-15(25-8-1-6-22-25)4-2-13(16)11-23-12-14-3-5-17-21-7-9-24(17)18(14)19(23)26/h1-10H,11-12H2. The largest absolute Gasteiger partial charge is 0.329 e. The van der Waals surface area contributed by atoms with Crippen molar-refractivity contribution in [3.05, 3.63) is 83.8 Å². The van der Waals surface area contributed by atoms with Gasteiger partial charge in [-0.05, 0) is 24.3 Å². The highest BCUT2D eigenvalue weighted by Crippen LogP contribution is 2.26. The number of hydrogen-bond donors (Lipinski definition) is 0. The number of pyridine rings is 1. The van der Waals surface area contributed by atoms with Gasteiger partial charge in [0.2, 0.25) is 0 Å². The molecule has 6 nitrogen and oxygen atoms in total. The second-order valence-electron chi connectivity index (χ2n) is 6.25. The number of carbonyl (C=O) groups is 1. The number of nitrogens with zero attached hydrogens (tertiary/aromatic N) is 5. The minimum atomic E-state index is -0.352. The molecule has 0 saturated heterocycles. The van der Waals surface area contributed by atoms with E-state index in [0.717, 1.165) is 11.2 Å². The molecule has 1 aromatic carbocycles. The second kappa shape index (κ2) is 5.52. The topological polar surface area (TPSA) is 55.4 Å². The van der Waals surface area contributed by atoms with E-state index in [0.29, 0.717) is 23.5 Å². The van der Waals surface area contributed by atoms with Crippen molar-refractivity contribution in [1.29, 1.82) is 0 Å². The van der Waals surface area contributed by atoms with Crippen molar-refractivity contribution in [2.45, 2.75) is 13.1 Å². The first kappa shape index (κ1) is 14.8. The molecular weight excluding hydrogens is 333 g/mol. The summed E-state index contributed by atoms with van der Waals surface area (Å²) in [5.74, 6) is -0.464. The van der Waals surface area contributed by atoms with E-state index in [4.69, 9.17) is 0 Å². The minimum absolute atomic E-state index is 0.112. The number of fused-ring (bicyclic) bond motifs is 3. The molecule has 5 rings (SSSR count). The van der Waals surface area contributed by atoms with Gasteiger partial charge >= 0.3 is 0 Å². The van der Waals surface area contributed by atoms with Crippen molar-refractivity contribution >= 4 is 11.6 Å². The zero-order valence-electron chi connectivity index (χ0n) is 13.7. The molecule has 0 N–H and O–H groups in total. The second-order valence-corrected chi connectivity index (χ2v) is 6.25. The molecular formula is C19H14FN5O. The maximum absolute atomic E-state index is 14.6. The normalized spacial score (nSPS) is 13.6. The van der Waals surface area contributed by atoms with Crippen LogP contribution in [0.25, 0.3) is 11.3 Å². The quantitative estimate of drug-likeness (QED) is 0.573. The summed E-state index contributed by atoms with van der Waals surface area (Å²) in [5, 5.41) is 4.10. The van der Waals surface area contributed by atoms with Gasteiger partial charge < -0.3 is 4.90 Å². The molecule has 0 radical (unpaired) electrons. The molecule has 0 bridgehead atoms. The molecule has 0 saturated carbocycles. The van der Waals surface area contributed by atoms with Gasteiger partial charge in [-0.25, -0.2) is 14.1 Å². The van der Waals surface area contributed by atoms with Crippen LogP contribution >= 0.6 is 0 Å². The highest BCUT2D eigenvalue weighted by Gasteiger charge is 2.30. The zero-order chi connectivity index (χ0) is 17.7. The molecule has 0 atom stereocenters. The first-order chi connectivity index (χ1) is 12.7. The Bertz CT molecular complexity index is 1130. The summed E-state index contributed by atoms with van der Waals surface area (Å²) >= 11 is 0. The van der Waals surface area contributed by atoms with Crippen LogP contribution in [0.5, 0.6) is 0 Å². The SMILES string of the molecule is O=C1c2c(ccc3nccn23)CN1Cc1ccc(-n2cccn2)cc1F. The Labute approximate surface area is 148 Å². The molecule has 0 spiro atoms. The van der Waals surface area contributed by atoms with Crippen molar-refractivity contribution in [2.24, 2.45) is 0 Å². The molecule has 128 valence electrons. The molecule has 0 unspecified atom stereocenters. The van der Waals surface area contributed by atoms with E-state index in [1.165, 1.54) is 6.07 Å². The van der Waals surface area contributed by atoms with Gasteiger partial charge in [0.25, 0.3) is 5.91 Å². The predicted molar refractivity (Wildman–Crippen MR) is 92.3 cm³/mol. The van der Waals surface area contributed by atoms with E-state index in [2.05, 4.69) is 10.1 Å². The maximum Gasteiger partial charge on any atom is 0.271 e. The third kappa shape index (κ3) is 2.21. The van der Waals surface area contributed by atoms with E-state index in [-0.39, 0.29) is 18.3 Å². The van der Waals surface area contributed by atoms with Gasteiger partial charge in [-0.1, -0.05) is 12.1 Å².